The maximum Gasteiger partial charge on any atom is 0.217 e. The number of carbonyl (C=O) groups excluding carboxylic acids is 1. The molecule has 1 amide bonds. The summed E-state index contributed by atoms with van der Waals surface area (Å²) in [6, 6.07) is 8.40. The van der Waals surface area contributed by atoms with E-state index in [1.54, 1.807) is 0 Å². The minimum absolute atomic E-state index is 0.179. The first-order valence-electron chi connectivity index (χ1n) is 8.96. The Hall–Kier alpha value is -1.55. The van der Waals surface area contributed by atoms with E-state index in [-0.39, 0.29) is 5.91 Å². The highest BCUT2D eigenvalue weighted by Crippen LogP contribution is 2.28. The summed E-state index contributed by atoms with van der Waals surface area (Å²) in [7, 11) is 0. The van der Waals surface area contributed by atoms with Crippen LogP contribution in [0, 0.1) is 5.92 Å². The van der Waals surface area contributed by atoms with Gasteiger partial charge in [0, 0.05) is 25.1 Å². The number of para-hydroxylation sites is 1. The number of piperidine rings is 1. The van der Waals surface area contributed by atoms with E-state index in [0.29, 0.717) is 18.4 Å². The summed E-state index contributed by atoms with van der Waals surface area (Å²) in [4.78, 5) is 13.6. The molecule has 4 heteroatoms. The van der Waals surface area contributed by atoms with Crippen molar-refractivity contribution in [3.8, 4) is 5.75 Å². The highest BCUT2D eigenvalue weighted by molar-refractivity contribution is 5.74. The predicted octanol–water partition coefficient (Wildman–Crippen LogP) is 3.10. The third-order valence-electron chi connectivity index (χ3n) is 5.06. The van der Waals surface area contributed by atoms with E-state index in [4.69, 9.17) is 10.5 Å². The molecule has 2 aliphatic rings. The first-order valence-corrected chi connectivity index (χ1v) is 8.96. The molecular formula is C19H28N2O2. The van der Waals surface area contributed by atoms with Gasteiger partial charge >= 0.3 is 0 Å². The summed E-state index contributed by atoms with van der Waals surface area (Å²) in [5.74, 6) is 1.27. The molecule has 0 aromatic heterocycles. The van der Waals surface area contributed by atoms with Crippen molar-refractivity contribution in [1.82, 2.24) is 4.90 Å². The fourth-order valence-corrected chi connectivity index (χ4v) is 3.92. The molecule has 1 saturated carbocycles. The second kappa shape index (κ2) is 7.82. The average molecular weight is 316 g/mol. The Morgan fingerprint density at radius 1 is 1.17 bits per heavy atom. The molecule has 0 radical (unpaired) electrons. The monoisotopic (exact) mass is 316 g/mol. The van der Waals surface area contributed by atoms with Crippen LogP contribution in [0.15, 0.2) is 24.3 Å². The van der Waals surface area contributed by atoms with Crippen molar-refractivity contribution in [1.29, 1.82) is 0 Å². The Labute approximate surface area is 139 Å². The second-order valence-electron chi connectivity index (χ2n) is 7.05. The lowest BCUT2D eigenvalue weighted by Gasteiger charge is -2.32. The predicted molar refractivity (Wildman–Crippen MR) is 91.1 cm³/mol. The van der Waals surface area contributed by atoms with Crippen LogP contribution in [0.4, 0.5) is 0 Å². The van der Waals surface area contributed by atoms with E-state index in [1.807, 2.05) is 0 Å². The molecule has 2 fully saturated rings. The Kier molecular flexibility index (Phi) is 5.55. The van der Waals surface area contributed by atoms with Gasteiger partial charge in [0.15, 0.2) is 0 Å². The van der Waals surface area contributed by atoms with Crippen LogP contribution in [0.25, 0.3) is 0 Å². The zero-order chi connectivity index (χ0) is 16.1. The summed E-state index contributed by atoms with van der Waals surface area (Å²) in [6.07, 6.45) is 8.08. The zero-order valence-corrected chi connectivity index (χ0v) is 13.9. The van der Waals surface area contributed by atoms with E-state index < -0.39 is 0 Å². The summed E-state index contributed by atoms with van der Waals surface area (Å²) < 4.78 is 6.24. The van der Waals surface area contributed by atoms with Gasteiger partial charge in [0.1, 0.15) is 5.75 Å². The van der Waals surface area contributed by atoms with Gasteiger partial charge in [0.05, 0.1) is 6.10 Å². The number of primary amides is 1. The van der Waals surface area contributed by atoms with Gasteiger partial charge in [-0.15, -0.1) is 0 Å². The number of carbonyl (C=O) groups is 1. The SMILES string of the molecule is NC(=O)C[C@H]1CCCN(Cc2ccccc2OC2CCCC2)C1. The second-order valence-corrected chi connectivity index (χ2v) is 7.05. The average Bonchev–Trinajstić information content (AvgIpc) is 3.02. The van der Waals surface area contributed by atoms with Gasteiger partial charge in [-0.1, -0.05) is 18.2 Å². The number of amides is 1. The van der Waals surface area contributed by atoms with Crippen LogP contribution >= 0.6 is 0 Å². The molecule has 2 N–H and O–H groups in total. The van der Waals surface area contributed by atoms with Crippen molar-refractivity contribution < 1.29 is 9.53 Å². The van der Waals surface area contributed by atoms with E-state index in [1.165, 1.54) is 31.2 Å². The molecule has 0 bridgehead atoms. The lowest BCUT2D eigenvalue weighted by Crippen LogP contribution is -2.36. The van der Waals surface area contributed by atoms with Gasteiger partial charge in [0.2, 0.25) is 5.91 Å². The molecule has 1 atom stereocenters. The standard InChI is InChI=1S/C19H28N2O2/c20-19(22)12-15-6-5-11-21(13-15)14-16-7-1-4-10-18(16)23-17-8-2-3-9-17/h1,4,7,10,15,17H,2-3,5-6,8-9,11-14H2,(H2,20,22)/t15-/m1/s1. The van der Waals surface area contributed by atoms with Crippen LogP contribution in [0.2, 0.25) is 0 Å². The summed E-state index contributed by atoms with van der Waals surface area (Å²) >= 11 is 0. The number of hydrogen-bond donors (Lipinski definition) is 1. The van der Waals surface area contributed by atoms with Crippen molar-refractivity contribution in [3.63, 3.8) is 0 Å². The molecule has 3 rings (SSSR count). The molecule has 4 nitrogen and oxygen atoms in total. The number of benzene rings is 1. The highest BCUT2D eigenvalue weighted by Gasteiger charge is 2.23. The molecule has 1 aliphatic heterocycles. The first-order chi connectivity index (χ1) is 11.2. The minimum atomic E-state index is -0.179. The molecule has 1 aliphatic carbocycles. The molecule has 0 spiro atoms. The van der Waals surface area contributed by atoms with E-state index in [0.717, 1.165) is 38.2 Å². The normalized spacial score (nSPS) is 23.0. The Bertz CT molecular complexity index is 526. The van der Waals surface area contributed by atoms with Crippen LogP contribution in [-0.4, -0.2) is 30.0 Å². The number of rotatable bonds is 6. The van der Waals surface area contributed by atoms with Crippen LogP contribution in [0.5, 0.6) is 5.75 Å². The third-order valence-corrected chi connectivity index (χ3v) is 5.06. The van der Waals surface area contributed by atoms with Crippen molar-refractivity contribution in [2.75, 3.05) is 13.1 Å². The number of nitrogens with two attached hydrogens (primary N) is 1. The zero-order valence-electron chi connectivity index (χ0n) is 13.9. The number of hydrogen-bond acceptors (Lipinski definition) is 3. The molecule has 1 aromatic rings. The van der Waals surface area contributed by atoms with Gasteiger partial charge in [0.25, 0.3) is 0 Å². The molecule has 0 unspecified atom stereocenters. The van der Waals surface area contributed by atoms with Crippen LogP contribution in [0.1, 0.15) is 50.5 Å². The lowest BCUT2D eigenvalue weighted by atomic mass is 9.94. The maximum absolute atomic E-state index is 11.2. The Morgan fingerprint density at radius 2 is 1.96 bits per heavy atom. The highest BCUT2D eigenvalue weighted by atomic mass is 16.5. The van der Waals surface area contributed by atoms with Crippen molar-refractivity contribution in [2.24, 2.45) is 11.7 Å². The van der Waals surface area contributed by atoms with Gasteiger partial charge in [-0.25, -0.2) is 0 Å². The fraction of sp³-hybridized carbons (Fsp3) is 0.632. The molecule has 126 valence electrons. The quantitative estimate of drug-likeness (QED) is 0.877. The van der Waals surface area contributed by atoms with Crippen molar-refractivity contribution in [3.05, 3.63) is 29.8 Å². The van der Waals surface area contributed by atoms with Gasteiger partial charge in [-0.05, 0) is 57.1 Å². The Balaban J connectivity index is 1.61. The maximum atomic E-state index is 11.2. The first kappa shape index (κ1) is 16.3. The van der Waals surface area contributed by atoms with Crippen LogP contribution in [0.3, 0.4) is 0 Å². The van der Waals surface area contributed by atoms with E-state index in [2.05, 4.69) is 29.2 Å². The summed E-state index contributed by atoms with van der Waals surface area (Å²) in [6.45, 7) is 2.95. The molecule has 1 heterocycles. The van der Waals surface area contributed by atoms with Crippen LogP contribution < -0.4 is 10.5 Å². The van der Waals surface area contributed by atoms with Gasteiger partial charge in [-0.3, -0.25) is 9.69 Å². The molecule has 1 saturated heterocycles. The van der Waals surface area contributed by atoms with E-state index >= 15 is 0 Å². The molecule has 1 aromatic carbocycles. The van der Waals surface area contributed by atoms with Gasteiger partial charge < -0.3 is 10.5 Å². The van der Waals surface area contributed by atoms with Crippen molar-refractivity contribution >= 4 is 5.91 Å². The molecular weight excluding hydrogens is 288 g/mol. The van der Waals surface area contributed by atoms with Crippen molar-refractivity contribution in [2.45, 2.75) is 57.6 Å². The summed E-state index contributed by atoms with van der Waals surface area (Å²) in [5.41, 5.74) is 6.62. The van der Waals surface area contributed by atoms with E-state index in [9.17, 15) is 4.79 Å². The Morgan fingerprint density at radius 3 is 2.74 bits per heavy atom. The van der Waals surface area contributed by atoms with Crippen LogP contribution in [-0.2, 0) is 11.3 Å². The largest absolute Gasteiger partial charge is 0.490 e. The lowest BCUT2D eigenvalue weighted by molar-refractivity contribution is -0.119. The fourth-order valence-electron chi connectivity index (χ4n) is 3.92. The third kappa shape index (κ3) is 4.71. The summed E-state index contributed by atoms with van der Waals surface area (Å²) in [5, 5.41) is 0. The van der Waals surface area contributed by atoms with Gasteiger partial charge in [-0.2, -0.15) is 0 Å². The smallest absolute Gasteiger partial charge is 0.217 e. The number of likely N-dealkylation sites (tertiary alicyclic amines) is 1. The topological polar surface area (TPSA) is 55.6 Å². The number of ether oxygens (including phenoxy) is 1. The minimum Gasteiger partial charge on any atom is -0.490 e. The molecule has 23 heavy (non-hydrogen) atoms. The number of nitrogens with zero attached hydrogens (tertiary/aromatic N) is 1.